The molecule has 2 heterocycles. The maximum Gasteiger partial charge on any atom is 0.419 e. The van der Waals surface area contributed by atoms with Gasteiger partial charge in [-0.1, -0.05) is 12.1 Å². The van der Waals surface area contributed by atoms with Gasteiger partial charge in [-0.25, -0.2) is 4.79 Å². The van der Waals surface area contributed by atoms with Gasteiger partial charge in [0.05, 0.1) is 11.1 Å². The fraction of sp³-hybridized carbons (Fsp3) is 0.278. The molecule has 0 saturated heterocycles. The third-order valence-electron chi connectivity index (χ3n) is 3.96. The molecule has 136 valence electrons. The first-order valence-corrected chi connectivity index (χ1v) is 8.20. The van der Waals surface area contributed by atoms with Crippen molar-refractivity contribution in [3.05, 3.63) is 58.0 Å². The van der Waals surface area contributed by atoms with E-state index in [2.05, 4.69) is 10.9 Å². The summed E-state index contributed by atoms with van der Waals surface area (Å²) in [6.45, 7) is 3.76. The molecule has 0 aliphatic rings. The van der Waals surface area contributed by atoms with Crippen molar-refractivity contribution >= 4 is 22.9 Å². The molecule has 2 amide bonds. The van der Waals surface area contributed by atoms with Gasteiger partial charge in [-0.15, -0.1) is 0 Å². The molecule has 0 aliphatic heterocycles. The molecule has 0 spiro atoms. The number of oxazole rings is 1. The molecule has 0 saturated carbocycles. The van der Waals surface area contributed by atoms with Crippen LogP contribution < -0.4 is 16.6 Å². The summed E-state index contributed by atoms with van der Waals surface area (Å²) in [4.78, 5) is 35.7. The van der Waals surface area contributed by atoms with Crippen molar-refractivity contribution in [3.8, 4) is 0 Å². The van der Waals surface area contributed by atoms with Crippen LogP contribution >= 0.6 is 0 Å². The Balaban J connectivity index is 1.50. The number of hydrogen-bond donors (Lipinski definition) is 2. The van der Waals surface area contributed by atoms with Crippen LogP contribution in [0.3, 0.4) is 0 Å². The number of carbonyl (C=O) groups is 2. The van der Waals surface area contributed by atoms with E-state index in [1.165, 1.54) is 4.57 Å². The minimum Gasteiger partial charge on any atom is -0.466 e. The van der Waals surface area contributed by atoms with Crippen molar-refractivity contribution in [1.82, 2.24) is 15.4 Å². The first-order valence-electron chi connectivity index (χ1n) is 8.20. The molecule has 0 radical (unpaired) electrons. The van der Waals surface area contributed by atoms with Crippen LogP contribution in [0, 0.1) is 13.8 Å². The summed E-state index contributed by atoms with van der Waals surface area (Å²) in [5.41, 5.74) is 6.29. The maximum absolute atomic E-state index is 12.0. The number of nitrogens with one attached hydrogen (secondary N) is 2. The first-order chi connectivity index (χ1) is 12.5. The zero-order valence-corrected chi connectivity index (χ0v) is 14.5. The normalized spacial score (nSPS) is 10.8. The van der Waals surface area contributed by atoms with Gasteiger partial charge in [0.25, 0.3) is 5.91 Å². The minimum absolute atomic E-state index is 0.148. The van der Waals surface area contributed by atoms with Gasteiger partial charge < -0.3 is 8.83 Å². The molecule has 0 bridgehead atoms. The van der Waals surface area contributed by atoms with Crippen molar-refractivity contribution in [2.45, 2.75) is 33.2 Å². The van der Waals surface area contributed by atoms with E-state index in [1.807, 2.05) is 6.07 Å². The standard InChI is InChI=1S/C18H19N3O5/c1-11-10-13(12(2)25-11)17(23)20-19-16(22)8-5-9-21-14-6-3-4-7-15(14)26-18(21)24/h3-4,6-7,10H,5,8-9H2,1-2H3,(H,19,22)(H,20,23). The van der Waals surface area contributed by atoms with Crippen LogP contribution in [0.5, 0.6) is 0 Å². The van der Waals surface area contributed by atoms with E-state index < -0.39 is 11.7 Å². The second-order valence-corrected chi connectivity index (χ2v) is 5.92. The number of amides is 2. The number of furan rings is 1. The van der Waals surface area contributed by atoms with E-state index in [-0.39, 0.29) is 12.3 Å². The van der Waals surface area contributed by atoms with Gasteiger partial charge in [0, 0.05) is 13.0 Å². The molecule has 0 atom stereocenters. The summed E-state index contributed by atoms with van der Waals surface area (Å²) in [6, 6.07) is 8.71. The van der Waals surface area contributed by atoms with Gasteiger partial charge in [-0.2, -0.15) is 0 Å². The van der Waals surface area contributed by atoms with Crippen molar-refractivity contribution in [2.75, 3.05) is 0 Å². The Labute approximate surface area is 148 Å². The fourth-order valence-electron chi connectivity index (χ4n) is 2.74. The van der Waals surface area contributed by atoms with E-state index in [1.54, 1.807) is 38.1 Å². The molecule has 0 unspecified atom stereocenters. The SMILES string of the molecule is Cc1cc(C(=O)NNC(=O)CCCn2c(=O)oc3ccccc32)c(C)o1. The molecule has 2 N–H and O–H groups in total. The van der Waals surface area contributed by atoms with E-state index in [9.17, 15) is 14.4 Å². The quantitative estimate of drug-likeness (QED) is 0.680. The highest BCUT2D eigenvalue weighted by atomic mass is 16.4. The number of benzene rings is 1. The van der Waals surface area contributed by atoms with Gasteiger partial charge in [0.2, 0.25) is 5.91 Å². The predicted octanol–water partition coefficient (Wildman–Crippen LogP) is 2.05. The van der Waals surface area contributed by atoms with Crippen LogP contribution in [0.2, 0.25) is 0 Å². The molecule has 0 aliphatic carbocycles. The smallest absolute Gasteiger partial charge is 0.419 e. The Morgan fingerprint density at radius 2 is 1.88 bits per heavy atom. The van der Waals surface area contributed by atoms with Crippen LogP contribution in [0.4, 0.5) is 0 Å². The van der Waals surface area contributed by atoms with E-state index >= 15 is 0 Å². The van der Waals surface area contributed by atoms with Crippen LogP contribution in [-0.2, 0) is 11.3 Å². The molecule has 1 aromatic carbocycles. The lowest BCUT2D eigenvalue weighted by Crippen LogP contribution is -2.41. The predicted molar refractivity (Wildman–Crippen MR) is 93.5 cm³/mol. The highest BCUT2D eigenvalue weighted by Gasteiger charge is 2.14. The number of rotatable bonds is 5. The lowest BCUT2D eigenvalue weighted by molar-refractivity contribution is -0.122. The summed E-state index contributed by atoms with van der Waals surface area (Å²) in [7, 11) is 0. The first kappa shape index (κ1) is 17.5. The minimum atomic E-state index is -0.453. The number of hydrazine groups is 1. The molecule has 0 fully saturated rings. The Bertz CT molecular complexity index is 1010. The molecule has 26 heavy (non-hydrogen) atoms. The third-order valence-corrected chi connectivity index (χ3v) is 3.96. The number of fused-ring (bicyclic) bond motifs is 1. The third kappa shape index (κ3) is 3.69. The Morgan fingerprint density at radius 3 is 2.62 bits per heavy atom. The van der Waals surface area contributed by atoms with Crippen molar-refractivity contribution in [2.24, 2.45) is 0 Å². The second-order valence-electron chi connectivity index (χ2n) is 5.92. The summed E-state index contributed by atoms with van der Waals surface area (Å²) >= 11 is 0. The lowest BCUT2D eigenvalue weighted by atomic mass is 10.2. The second kappa shape index (κ2) is 7.30. The van der Waals surface area contributed by atoms with Gasteiger partial charge >= 0.3 is 5.76 Å². The fourth-order valence-corrected chi connectivity index (χ4v) is 2.74. The topological polar surface area (TPSA) is 106 Å². The maximum atomic E-state index is 12.0. The van der Waals surface area contributed by atoms with E-state index in [4.69, 9.17) is 8.83 Å². The highest BCUT2D eigenvalue weighted by molar-refractivity contribution is 5.96. The summed E-state index contributed by atoms with van der Waals surface area (Å²) < 4.78 is 11.9. The van der Waals surface area contributed by atoms with Gasteiger partial charge in [0.15, 0.2) is 5.58 Å². The van der Waals surface area contributed by atoms with Gasteiger partial charge in [-0.3, -0.25) is 25.0 Å². The van der Waals surface area contributed by atoms with Crippen molar-refractivity contribution in [1.29, 1.82) is 0 Å². The number of nitrogens with zero attached hydrogens (tertiary/aromatic N) is 1. The zero-order chi connectivity index (χ0) is 18.7. The molecule has 3 aromatic rings. The lowest BCUT2D eigenvalue weighted by Gasteiger charge is -2.07. The Hall–Kier alpha value is -3.29. The largest absolute Gasteiger partial charge is 0.466 e. The average molecular weight is 357 g/mol. The Kier molecular flexibility index (Phi) is 4.92. The van der Waals surface area contributed by atoms with E-state index in [0.717, 1.165) is 0 Å². The van der Waals surface area contributed by atoms with Crippen molar-refractivity contribution < 1.29 is 18.4 Å². The van der Waals surface area contributed by atoms with Gasteiger partial charge in [-0.05, 0) is 38.5 Å². The summed E-state index contributed by atoms with van der Waals surface area (Å²) in [6.07, 6.45) is 0.574. The van der Waals surface area contributed by atoms with Crippen LogP contribution in [0.15, 0.2) is 44.0 Å². The molecule has 8 nitrogen and oxygen atoms in total. The van der Waals surface area contributed by atoms with Crippen LogP contribution in [0.25, 0.3) is 11.1 Å². The molecular formula is C18H19N3O5. The zero-order valence-electron chi connectivity index (χ0n) is 14.5. The Morgan fingerprint density at radius 1 is 1.12 bits per heavy atom. The van der Waals surface area contributed by atoms with Crippen LogP contribution in [-0.4, -0.2) is 16.4 Å². The number of aryl methyl sites for hydroxylation is 3. The molecular weight excluding hydrogens is 338 g/mol. The number of aromatic nitrogens is 1. The van der Waals surface area contributed by atoms with E-state index in [0.29, 0.717) is 41.1 Å². The molecule has 8 heteroatoms. The average Bonchev–Trinajstić information content (AvgIpc) is 3.11. The van der Waals surface area contributed by atoms with Crippen LogP contribution in [0.1, 0.15) is 34.7 Å². The molecule has 2 aromatic heterocycles. The number of para-hydroxylation sites is 2. The van der Waals surface area contributed by atoms with Crippen molar-refractivity contribution in [3.63, 3.8) is 0 Å². The monoisotopic (exact) mass is 357 g/mol. The number of carbonyl (C=O) groups excluding carboxylic acids is 2. The molecule has 3 rings (SSSR count). The van der Waals surface area contributed by atoms with Gasteiger partial charge in [0.1, 0.15) is 11.5 Å². The highest BCUT2D eigenvalue weighted by Crippen LogP contribution is 2.13. The summed E-state index contributed by atoms with van der Waals surface area (Å²) in [5.74, 6) is -0.134. The number of hydrogen-bond acceptors (Lipinski definition) is 5. The summed E-state index contributed by atoms with van der Waals surface area (Å²) in [5, 5.41) is 0.